The number of hydrogen-bond acceptors (Lipinski definition) is 4. The van der Waals surface area contributed by atoms with Crippen LogP contribution in [-0.2, 0) is 9.47 Å². The molecule has 0 aromatic carbocycles. The van der Waals surface area contributed by atoms with E-state index in [9.17, 15) is 0 Å². The van der Waals surface area contributed by atoms with E-state index in [4.69, 9.17) is 9.47 Å². The number of rotatable bonds is 8. The largest absolute Gasteiger partial charge is 0.377 e. The summed E-state index contributed by atoms with van der Waals surface area (Å²) in [7, 11) is 4.17. The zero-order valence-corrected chi connectivity index (χ0v) is 12.7. The minimum Gasteiger partial charge on any atom is -0.377 e. The van der Waals surface area contributed by atoms with Gasteiger partial charge in [0.05, 0.1) is 25.4 Å². The van der Waals surface area contributed by atoms with Crippen molar-refractivity contribution in [1.29, 1.82) is 0 Å². The van der Waals surface area contributed by atoms with Gasteiger partial charge in [-0.2, -0.15) is 0 Å². The van der Waals surface area contributed by atoms with Crippen molar-refractivity contribution in [2.24, 2.45) is 0 Å². The van der Waals surface area contributed by atoms with Crippen LogP contribution in [-0.4, -0.2) is 63.0 Å². The average Bonchev–Trinajstić information content (AvgIpc) is 2.74. The summed E-state index contributed by atoms with van der Waals surface area (Å²) in [5.74, 6) is 0. The lowest BCUT2D eigenvalue weighted by atomic mass is 10.1. The van der Waals surface area contributed by atoms with Crippen molar-refractivity contribution in [2.45, 2.75) is 51.4 Å². The molecule has 0 bridgehead atoms. The summed E-state index contributed by atoms with van der Waals surface area (Å²) in [4.78, 5) is 2.19. The molecule has 0 aromatic heterocycles. The Balaban J connectivity index is 2.14. The summed E-state index contributed by atoms with van der Waals surface area (Å²) in [6.07, 6.45) is 2.93. The van der Waals surface area contributed by atoms with Gasteiger partial charge in [0.25, 0.3) is 0 Å². The van der Waals surface area contributed by atoms with Gasteiger partial charge >= 0.3 is 0 Å². The molecular weight excluding hydrogens is 228 g/mol. The molecule has 18 heavy (non-hydrogen) atoms. The van der Waals surface area contributed by atoms with Crippen molar-refractivity contribution in [3.63, 3.8) is 0 Å². The molecule has 1 heterocycles. The highest BCUT2D eigenvalue weighted by Crippen LogP contribution is 2.20. The molecule has 108 valence electrons. The predicted molar refractivity (Wildman–Crippen MR) is 75.0 cm³/mol. The van der Waals surface area contributed by atoms with Gasteiger partial charge in [0.15, 0.2) is 0 Å². The highest BCUT2D eigenvalue weighted by molar-refractivity contribution is 4.78. The summed E-state index contributed by atoms with van der Waals surface area (Å²) in [5.41, 5.74) is 0.0851. The summed E-state index contributed by atoms with van der Waals surface area (Å²) in [6.45, 7) is 9.96. The minimum absolute atomic E-state index is 0.0851. The van der Waals surface area contributed by atoms with Gasteiger partial charge in [-0.05, 0) is 47.3 Å². The zero-order valence-electron chi connectivity index (χ0n) is 12.7. The van der Waals surface area contributed by atoms with E-state index in [2.05, 4.69) is 45.1 Å². The lowest BCUT2D eigenvalue weighted by molar-refractivity contribution is -0.0374. The van der Waals surface area contributed by atoms with Gasteiger partial charge in [-0.25, -0.2) is 0 Å². The molecule has 1 aliphatic rings. The molecule has 0 aromatic rings. The molecule has 4 heteroatoms. The molecule has 2 atom stereocenters. The Hall–Kier alpha value is -0.160. The number of ether oxygens (including phenoxy) is 2. The first-order valence-electron chi connectivity index (χ1n) is 7.07. The molecule has 0 spiro atoms. The van der Waals surface area contributed by atoms with Gasteiger partial charge in [-0.3, -0.25) is 0 Å². The summed E-state index contributed by atoms with van der Waals surface area (Å²) in [5, 5.41) is 3.33. The van der Waals surface area contributed by atoms with Crippen LogP contribution in [0.5, 0.6) is 0 Å². The van der Waals surface area contributed by atoms with Crippen molar-refractivity contribution >= 4 is 0 Å². The fourth-order valence-corrected chi connectivity index (χ4v) is 1.93. The van der Waals surface area contributed by atoms with Crippen LogP contribution in [0.2, 0.25) is 0 Å². The number of hydrogen-bond donors (Lipinski definition) is 1. The molecule has 1 rings (SSSR count). The summed E-state index contributed by atoms with van der Waals surface area (Å²) in [6, 6.07) is 0. The van der Waals surface area contributed by atoms with Crippen molar-refractivity contribution < 1.29 is 9.47 Å². The second-order valence-electron chi connectivity index (χ2n) is 5.99. The number of nitrogens with zero attached hydrogens (tertiary/aromatic N) is 1. The Kier molecular flexibility index (Phi) is 6.57. The standard InChI is InChI=1S/C14H30N2O2/c1-6-15-9-12-7-8-13(18-12)10-17-11-14(2,3)16(4)5/h12-13,15H,6-11H2,1-5H3. The predicted octanol–water partition coefficient (Wildman–Crippen LogP) is 1.50. The quantitative estimate of drug-likeness (QED) is 0.715. The van der Waals surface area contributed by atoms with E-state index in [1.807, 2.05) is 0 Å². The summed E-state index contributed by atoms with van der Waals surface area (Å²) >= 11 is 0. The fraction of sp³-hybridized carbons (Fsp3) is 1.00. The van der Waals surface area contributed by atoms with Gasteiger partial charge in [-0.1, -0.05) is 6.92 Å². The van der Waals surface area contributed by atoms with E-state index in [-0.39, 0.29) is 11.6 Å². The zero-order chi connectivity index (χ0) is 13.6. The first-order valence-corrected chi connectivity index (χ1v) is 7.07. The van der Waals surface area contributed by atoms with Crippen LogP contribution in [0.4, 0.5) is 0 Å². The molecule has 1 N–H and O–H groups in total. The number of nitrogens with one attached hydrogen (secondary N) is 1. The monoisotopic (exact) mass is 258 g/mol. The fourth-order valence-electron chi connectivity index (χ4n) is 1.93. The third-order valence-corrected chi connectivity index (χ3v) is 3.79. The van der Waals surface area contributed by atoms with Crippen LogP contribution in [0.3, 0.4) is 0 Å². The second kappa shape index (κ2) is 7.43. The molecule has 1 saturated heterocycles. The molecule has 2 unspecified atom stereocenters. The molecule has 1 aliphatic heterocycles. The van der Waals surface area contributed by atoms with Gasteiger partial charge in [-0.15, -0.1) is 0 Å². The Morgan fingerprint density at radius 3 is 2.56 bits per heavy atom. The molecule has 0 radical (unpaired) electrons. The van der Waals surface area contributed by atoms with Crippen molar-refractivity contribution in [2.75, 3.05) is 40.4 Å². The first-order chi connectivity index (χ1) is 8.45. The van der Waals surface area contributed by atoms with Crippen LogP contribution in [0.15, 0.2) is 0 Å². The lowest BCUT2D eigenvalue weighted by Gasteiger charge is -2.32. The molecular formula is C14H30N2O2. The Morgan fingerprint density at radius 1 is 1.28 bits per heavy atom. The normalized spacial score (nSPS) is 25.0. The molecule has 1 fully saturated rings. The van der Waals surface area contributed by atoms with E-state index in [0.29, 0.717) is 6.10 Å². The topological polar surface area (TPSA) is 33.7 Å². The maximum atomic E-state index is 5.94. The number of likely N-dealkylation sites (N-methyl/N-ethyl adjacent to an activating group) is 2. The lowest BCUT2D eigenvalue weighted by Crippen LogP contribution is -2.43. The second-order valence-corrected chi connectivity index (χ2v) is 5.99. The Morgan fingerprint density at radius 2 is 1.94 bits per heavy atom. The van der Waals surface area contributed by atoms with Gasteiger partial charge < -0.3 is 19.7 Å². The SMILES string of the molecule is CCNCC1CCC(COCC(C)(C)N(C)C)O1. The molecule has 0 aliphatic carbocycles. The van der Waals surface area contributed by atoms with Crippen molar-refractivity contribution in [1.82, 2.24) is 10.2 Å². The van der Waals surface area contributed by atoms with E-state index >= 15 is 0 Å². The maximum Gasteiger partial charge on any atom is 0.0813 e. The van der Waals surface area contributed by atoms with Crippen LogP contribution in [0, 0.1) is 0 Å². The van der Waals surface area contributed by atoms with Crippen molar-refractivity contribution in [3.8, 4) is 0 Å². The van der Waals surface area contributed by atoms with Crippen LogP contribution in [0.25, 0.3) is 0 Å². The van der Waals surface area contributed by atoms with Crippen LogP contribution in [0.1, 0.15) is 33.6 Å². The third kappa shape index (κ3) is 5.22. The van der Waals surface area contributed by atoms with Gasteiger partial charge in [0.1, 0.15) is 0 Å². The smallest absolute Gasteiger partial charge is 0.0813 e. The van der Waals surface area contributed by atoms with Gasteiger partial charge in [0, 0.05) is 12.1 Å². The Bertz CT molecular complexity index is 232. The van der Waals surface area contributed by atoms with Crippen LogP contribution >= 0.6 is 0 Å². The van der Waals surface area contributed by atoms with E-state index in [0.717, 1.165) is 39.1 Å². The van der Waals surface area contributed by atoms with Gasteiger partial charge in [0.2, 0.25) is 0 Å². The Labute approximate surface area is 112 Å². The summed E-state index contributed by atoms with van der Waals surface area (Å²) < 4.78 is 11.7. The average molecular weight is 258 g/mol. The highest BCUT2D eigenvalue weighted by Gasteiger charge is 2.26. The molecule has 0 saturated carbocycles. The third-order valence-electron chi connectivity index (χ3n) is 3.79. The highest BCUT2D eigenvalue weighted by atomic mass is 16.5. The molecule has 4 nitrogen and oxygen atoms in total. The first kappa shape index (κ1) is 15.9. The molecule has 0 amide bonds. The van der Waals surface area contributed by atoms with Crippen molar-refractivity contribution in [3.05, 3.63) is 0 Å². The van der Waals surface area contributed by atoms with Crippen LogP contribution < -0.4 is 5.32 Å². The maximum absolute atomic E-state index is 5.94. The van der Waals surface area contributed by atoms with E-state index in [1.165, 1.54) is 0 Å². The van der Waals surface area contributed by atoms with E-state index in [1.54, 1.807) is 0 Å². The van der Waals surface area contributed by atoms with E-state index < -0.39 is 0 Å². The minimum atomic E-state index is 0.0851.